The molecule has 1 heterocycles. The largest absolute Gasteiger partial charge is 0.464 e. The number of nitrogens with one attached hydrogen (secondary N) is 1. The van der Waals surface area contributed by atoms with Crippen LogP contribution in [0.3, 0.4) is 0 Å². The van der Waals surface area contributed by atoms with E-state index in [9.17, 15) is 0 Å². The Balaban J connectivity index is 1.72. The van der Waals surface area contributed by atoms with Gasteiger partial charge in [0.25, 0.3) is 0 Å². The van der Waals surface area contributed by atoms with Gasteiger partial charge in [-0.15, -0.1) is 0 Å². The molecule has 0 aliphatic heterocycles. The average Bonchev–Trinajstić information content (AvgIpc) is 3.12. The van der Waals surface area contributed by atoms with E-state index in [-0.39, 0.29) is 0 Å². The fraction of sp³-hybridized carbons (Fsp3) is 0.750. The van der Waals surface area contributed by atoms with Crippen LogP contribution in [0.5, 0.6) is 0 Å². The van der Waals surface area contributed by atoms with Crippen molar-refractivity contribution in [2.75, 3.05) is 6.61 Å². The van der Waals surface area contributed by atoms with Crippen LogP contribution < -0.4 is 5.32 Å². The van der Waals surface area contributed by atoms with Gasteiger partial charge in [0, 0.05) is 24.8 Å². The second-order valence-corrected chi connectivity index (χ2v) is 5.86. The van der Waals surface area contributed by atoms with Crippen molar-refractivity contribution in [2.45, 2.75) is 65.6 Å². The van der Waals surface area contributed by atoms with Crippen molar-refractivity contribution in [3.8, 4) is 0 Å². The summed E-state index contributed by atoms with van der Waals surface area (Å²) in [6.45, 7) is 8.83. The molecule has 1 aromatic rings. The molecule has 19 heavy (non-hydrogen) atoms. The number of aryl methyl sites for hydroxylation is 1. The first-order valence-corrected chi connectivity index (χ1v) is 7.58. The molecular weight excluding hydrogens is 238 g/mol. The molecular formula is C16H27NO2. The van der Waals surface area contributed by atoms with Crippen molar-refractivity contribution < 1.29 is 9.15 Å². The highest BCUT2D eigenvalue weighted by Gasteiger charge is 2.20. The zero-order chi connectivity index (χ0) is 13.7. The lowest BCUT2D eigenvalue weighted by molar-refractivity contribution is 0.0771. The molecule has 1 aromatic heterocycles. The third kappa shape index (κ3) is 5.00. The minimum atomic E-state index is 0.596. The van der Waals surface area contributed by atoms with Crippen molar-refractivity contribution in [1.29, 1.82) is 0 Å². The molecule has 0 saturated heterocycles. The minimum absolute atomic E-state index is 0.596. The van der Waals surface area contributed by atoms with Gasteiger partial charge >= 0.3 is 0 Å². The lowest BCUT2D eigenvalue weighted by Crippen LogP contribution is -2.15. The SMILES string of the molecule is CCCC(C)COCc1cc(CNC2CC2)c(C)o1. The van der Waals surface area contributed by atoms with E-state index in [2.05, 4.69) is 25.2 Å². The first-order chi connectivity index (χ1) is 9.19. The normalized spacial score (nSPS) is 16.8. The lowest BCUT2D eigenvalue weighted by Gasteiger charge is -2.09. The smallest absolute Gasteiger partial charge is 0.130 e. The standard InChI is InChI=1S/C16H27NO2/c1-4-5-12(2)10-18-11-16-8-14(13(3)19-16)9-17-15-6-7-15/h8,12,15,17H,4-7,9-11H2,1-3H3. The number of furan rings is 1. The van der Waals surface area contributed by atoms with E-state index in [1.165, 1.54) is 31.2 Å². The lowest BCUT2D eigenvalue weighted by atomic mass is 10.1. The van der Waals surface area contributed by atoms with Crippen LogP contribution in [-0.2, 0) is 17.9 Å². The van der Waals surface area contributed by atoms with E-state index in [0.717, 1.165) is 30.7 Å². The highest BCUT2D eigenvalue weighted by atomic mass is 16.5. The maximum Gasteiger partial charge on any atom is 0.130 e. The summed E-state index contributed by atoms with van der Waals surface area (Å²) < 4.78 is 11.5. The van der Waals surface area contributed by atoms with E-state index in [4.69, 9.17) is 9.15 Å². The van der Waals surface area contributed by atoms with Gasteiger partial charge in [0.05, 0.1) is 0 Å². The highest BCUT2D eigenvalue weighted by molar-refractivity contribution is 5.20. The Kier molecular flexibility index (Phi) is 5.46. The molecule has 0 amide bonds. The van der Waals surface area contributed by atoms with Gasteiger partial charge in [0.1, 0.15) is 18.1 Å². The van der Waals surface area contributed by atoms with Crippen molar-refractivity contribution >= 4 is 0 Å². The minimum Gasteiger partial charge on any atom is -0.464 e. The monoisotopic (exact) mass is 265 g/mol. The molecule has 0 spiro atoms. The predicted octanol–water partition coefficient (Wildman–Crippen LogP) is 3.79. The van der Waals surface area contributed by atoms with Crippen LogP contribution in [0, 0.1) is 12.8 Å². The predicted molar refractivity (Wildman–Crippen MR) is 77.0 cm³/mol. The average molecular weight is 265 g/mol. The molecule has 1 saturated carbocycles. The molecule has 1 fully saturated rings. The molecule has 1 N–H and O–H groups in total. The second kappa shape index (κ2) is 7.11. The molecule has 3 heteroatoms. The maximum atomic E-state index is 5.74. The quantitative estimate of drug-likeness (QED) is 0.737. The number of ether oxygens (including phenoxy) is 1. The molecule has 0 radical (unpaired) electrons. The van der Waals surface area contributed by atoms with Gasteiger partial charge < -0.3 is 14.5 Å². The zero-order valence-electron chi connectivity index (χ0n) is 12.5. The van der Waals surface area contributed by atoms with E-state index < -0.39 is 0 Å². The van der Waals surface area contributed by atoms with Crippen LogP contribution in [0.15, 0.2) is 10.5 Å². The van der Waals surface area contributed by atoms with Crippen LogP contribution in [0.4, 0.5) is 0 Å². The molecule has 1 aliphatic rings. The van der Waals surface area contributed by atoms with Gasteiger partial charge in [0.15, 0.2) is 0 Å². The number of hydrogen-bond acceptors (Lipinski definition) is 3. The summed E-state index contributed by atoms with van der Waals surface area (Å²) in [7, 11) is 0. The number of hydrogen-bond donors (Lipinski definition) is 1. The zero-order valence-corrected chi connectivity index (χ0v) is 12.5. The Labute approximate surface area is 116 Å². The van der Waals surface area contributed by atoms with E-state index in [1.807, 2.05) is 6.92 Å². The third-order valence-electron chi connectivity index (χ3n) is 3.66. The maximum absolute atomic E-state index is 5.74. The molecule has 108 valence electrons. The second-order valence-electron chi connectivity index (χ2n) is 5.86. The molecule has 2 rings (SSSR count). The Hall–Kier alpha value is -0.800. The van der Waals surface area contributed by atoms with Crippen molar-refractivity contribution in [1.82, 2.24) is 5.32 Å². The van der Waals surface area contributed by atoms with E-state index in [1.54, 1.807) is 0 Å². The highest BCUT2D eigenvalue weighted by Crippen LogP contribution is 2.21. The van der Waals surface area contributed by atoms with Gasteiger partial charge in [-0.2, -0.15) is 0 Å². The van der Waals surface area contributed by atoms with Gasteiger partial charge in [-0.05, 0) is 38.2 Å². The Morgan fingerprint density at radius 2 is 2.26 bits per heavy atom. The molecule has 0 bridgehead atoms. The van der Waals surface area contributed by atoms with E-state index >= 15 is 0 Å². The summed E-state index contributed by atoms with van der Waals surface area (Å²) in [6, 6.07) is 2.87. The summed E-state index contributed by atoms with van der Waals surface area (Å²) in [4.78, 5) is 0. The summed E-state index contributed by atoms with van der Waals surface area (Å²) in [5.41, 5.74) is 1.27. The van der Waals surface area contributed by atoms with Crippen LogP contribution in [-0.4, -0.2) is 12.6 Å². The van der Waals surface area contributed by atoms with E-state index in [0.29, 0.717) is 12.5 Å². The van der Waals surface area contributed by atoms with Crippen LogP contribution in [0.2, 0.25) is 0 Å². The Bertz CT molecular complexity index is 382. The molecule has 0 aromatic carbocycles. The van der Waals surface area contributed by atoms with Crippen LogP contribution >= 0.6 is 0 Å². The molecule has 1 atom stereocenters. The van der Waals surface area contributed by atoms with Crippen molar-refractivity contribution in [2.24, 2.45) is 5.92 Å². The number of rotatable bonds is 9. The van der Waals surface area contributed by atoms with Gasteiger partial charge in [0.2, 0.25) is 0 Å². The summed E-state index contributed by atoms with van der Waals surface area (Å²) in [5.74, 6) is 2.61. The van der Waals surface area contributed by atoms with Crippen LogP contribution in [0.1, 0.15) is 56.6 Å². The van der Waals surface area contributed by atoms with Gasteiger partial charge in [-0.1, -0.05) is 20.3 Å². The molecule has 1 aliphatic carbocycles. The topological polar surface area (TPSA) is 34.4 Å². The Morgan fingerprint density at radius 1 is 1.47 bits per heavy atom. The Morgan fingerprint density at radius 3 is 2.95 bits per heavy atom. The van der Waals surface area contributed by atoms with Gasteiger partial charge in [-0.25, -0.2) is 0 Å². The molecule has 1 unspecified atom stereocenters. The fourth-order valence-electron chi connectivity index (χ4n) is 2.31. The summed E-state index contributed by atoms with van der Waals surface area (Å²) in [5, 5.41) is 3.52. The molecule has 3 nitrogen and oxygen atoms in total. The fourth-order valence-corrected chi connectivity index (χ4v) is 2.31. The summed E-state index contributed by atoms with van der Waals surface area (Å²) in [6.07, 6.45) is 5.10. The van der Waals surface area contributed by atoms with Crippen LogP contribution in [0.25, 0.3) is 0 Å². The first kappa shape index (κ1) is 14.6. The van der Waals surface area contributed by atoms with Crippen molar-refractivity contribution in [3.63, 3.8) is 0 Å². The van der Waals surface area contributed by atoms with Crippen molar-refractivity contribution in [3.05, 3.63) is 23.2 Å². The summed E-state index contributed by atoms with van der Waals surface area (Å²) >= 11 is 0. The first-order valence-electron chi connectivity index (χ1n) is 7.58. The third-order valence-corrected chi connectivity index (χ3v) is 3.66. The van der Waals surface area contributed by atoms with Gasteiger partial charge in [-0.3, -0.25) is 0 Å².